The van der Waals surface area contributed by atoms with Gasteiger partial charge < -0.3 is 4.42 Å². The first-order chi connectivity index (χ1) is 6.72. The highest BCUT2D eigenvalue weighted by Gasteiger charge is 2.08. The topological polar surface area (TPSA) is 55.5 Å². The third kappa shape index (κ3) is 1.22. The summed E-state index contributed by atoms with van der Waals surface area (Å²) in [5.41, 5.74) is 1.66. The highest BCUT2D eigenvalue weighted by Crippen LogP contribution is 2.28. The minimum Gasteiger partial charge on any atom is -0.461 e. The van der Waals surface area contributed by atoms with Crippen molar-refractivity contribution in [1.29, 1.82) is 0 Å². The van der Waals surface area contributed by atoms with Gasteiger partial charge in [-0.3, -0.25) is 0 Å². The summed E-state index contributed by atoms with van der Waals surface area (Å²) in [6.07, 6.45) is 3.10. The van der Waals surface area contributed by atoms with Crippen molar-refractivity contribution in [3.05, 3.63) is 23.6 Å². The first-order valence-electron chi connectivity index (χ1n) is 4.16. The minimum atomic E-state index is 0.359. The summed E-state index contributed by atoms with van der Waals surface area (Å²) in [5, 5.41) is 0.755. The van der Waals surface area contributed by atoms with Gasteiger partial charge in [0.25, 0.3) is 0 Å². The molecule has 0 saturated carbocycles. The first-order valence-corrected chi connectivity index (χ1v) is 4.16. The molecule has 70 valence electrons. The van der Waals surface area contributed by atoms with Crippen molar-refractivity contribution in [2.24, 2.45) is 4.99 Å². The highest BCUT2D eigenvalue weighted by molar-refractivity contribution is 5.89. The zero-order chi connectivity index (χ0) is 10.1. The molecule has 0 bridgehead atoms. The lowest BCUT2D eigenvalue weighted by Gasteiger charge is -1.95. The number of furan rings is 1. The number of carbonyl (C=O) groups excluding carboxylic acids is 1. The van der Waals surface area contributed by atoms with Crippen LogP contribution in [0, 0.1) is 13.8 Å². The van der Waals surface area contributed by atoms with Gasteiger partial charge >= 0.3 is 0 Å². The lowest BCUT2D eigenvalue weighted by molar-refractivity contribution is 0.565. The predicted molar refractivity (Wildman–Crippen MR) is 51.3 cm³/mol. The average molecular weight is 188 g/mol. The van der Waals surface area contributed by atoms with E-state index in [1.807, 2.05) is 19.9 Å². The van der Waals surface area contributed by atoms with Gasteiger partial charge in [0.15, 0.2) is 5.82 Å². The summed E-state index contributed by atoms with van der Waals surface area (Å²) >= 11 is 0. The largest absolute Gasteiger partial charge is 0.461 e. The van der Waals surface area contributed by atoms with Crippen molar-refractivity contribution in [2.75, 3.05) is 0 Å². The summed E-state index contributed by atoms with van der Waals surface area (Å²) in [7, 11) is 0. The number of aryl methyl sites for hydroxylation is 2. The normalized spacial score (nSPS) is 10.1. The molecule has 0 atom stereocenters. The predicted octanol–water partition coefficient (Wildman–Crippen LogP) is 2.41. The Morgan fingerprint density at radius 2 is 2.29 bits per heavy atom. The van der Waals surface area contributed by atoms with Crippen LogP contribution in [0.4, 0.5) is 5.82 Å². The van der Waals surface area contributed by atoms with Gasteiger partial charge in [-0.1, -0.05) is 0 Å². The smallest absolute Gasteiger partial charge is 0.242 e. The van der Waals surface area contributed by atoms with Crippen molar-refractivity contribution < 1.29 is 9.21 Å². The summed E-state index contributed by atoms with van der Waals surface area (Å²) in [6, 6.07) is 1.81. The van der Waals surface area contributed by atoms with Crippen LogP contribution in [-0.4, -0.2) is 11.1 Å². The fraction of sp³-hybridized carbons (Fsp3) is 0.200. The Balaban J connectivity index is 2.87. The minimum absolute atomic E-state index is 0.359. The zero-order valence-electron chi connectivity index (χ0n) is 7.87. The Bertz CT molecular complexity index is 536. The van der Waals surface area contributed by atoms with E-state index in [1.54, 1.807) is 6.20 Å². The molecule has 0 N–H and O–H groups in total. The van der Waals surface area contributed by atoms with E-state index in [2.05, 4.69) is 9.98 Å². The molecule has 0 aliphatic rings. The molecule has 0 aliphatic carbocycles. The van der Waals surface area contributed by atoms with Crippen molar-refractivity contribution in [3.63, 3.8) is 0 Å². The molecule has 0 amide bonds. The van der Waals surface area contributed by atoms with E-state index < -0.39 is 0 Å². The molecule has 4 nitrogen and oxygen atoms in total. The molecule has 0 unspecified atom stereocenters. The van der Waals surface area contributed by atoms with Gasteiger partial charge in [0.05, 0.1) is 5.39 Å². The second-order valence-electron chi connectivity index (χ2n) is 3.07. The van der Waals surface area contributed by atoms with Crippen LogP contribution >= 0.6 is 0 Å². The average Bonchev–Trinajstić information content (AvgIpc) is 2.53. The van der Waals surface area contributed by atoms with Gasteiger partial charge in [-0.2, -0.15) is 0 Å². The van der Waals surface area contributed by atoms with Crippen LogP contribution in [0.15, 0.2) is 21.7 Å². The second-order valence-corrected chi connectivity index (χ2v) is 3.07. The molecular formula is C10H8N2O2. The third-order valence-electron chi connectivity index (χ3n) is 1.99. The van der Waals surface area contributed by atoms with Crippen LogP contribution < -0.4 is 0 Å². The molecule has 0 saturated heterocycles. The van der Waals surface area contributed by atoms with Gasteiger partial charge in [-0.05, 0) is 19.9 Å². The molecule has 0 aliphatic heterocycles. The highest BCUT2D eigenvalue weighted by atomic mass is 16.3. The number of hydrogen-bond donors (Lipinski definition) is 0. The molecule has 2 rings (SSSR count). The van der Waals surface area contributed by atoms with Crippen molar-refractivity contribution in [1.82, 2.24) is 4.98 Å². The third-order valence-corrected chi connectivity index (χ3v) is 1.99. The van der Waals surface area contributed by atoms with E-state index in [0.717, 1.165) is 22.3 Å². The van der Waals surface area contributed by atoms with Crippen molar-refractivity contribution in [2.45, 2.75) is 13.8 Å². The van der Waals surface area contributed by atoms with Crippen molar-refractivity contribution >= 4 is 22.9 Å². The fourth-order valence-electron chi connectivity index (χ4n) is 1.39. The van der Waals surface area contributed by atoms with Gasteiger partial charge in [0, 0.05) is 11.8 Å². The van der Waals surface area contributed by atoms with Crippen LogP contribution in [0.25, 0.3) is 11.0 Å². The number of hydrogen-bond acceptors (Lipinski definition) is 4. The maximum absolute atomic E-state index is 10.1. The first kappa shape index (κ1) is 8.66. The quantitative estimate of drug-likeness (QED) is 0.510. The van der Waals surface area contributed by atoms with Crippen LogP contribution in [0.5, 0.6) is 0 Å². The molecule has 2 aromatic heterocycles. The Morgan fingerprint density at radius 3 is 3.00 bits per heavy atom. The van der Waals surface area contributed by atoms with E-state index in [-0.39, 0.29) is 0 Å². The van der Waals surface area contributed by atoms with Gasteiger partial charge in [0.2, 0.25) is 6.08 Å². The number of nitrogens with zero attached hydrogens (tertiary/aromatic N) is 2. The van der Waals surface area contributed by atoms with Gasteiger partial charge in [0.1, 0.15) is 11.3 Å². The monoisotopic (exact) mass is 188 g/mol. The SMILES string of the molecule is Cc1cc2c(N=C=O)ncc(C)c2o1. The number of aromatic nitrogens is 1. The molecule has 2 aromatic rings. The lowest BCUT2D eigenvalue weighted by Crippen LogP contribution is -1.78. The molecule has 0 spiro atoms. The molecule has 0 aromatic carbocycles. The van der Waals surface area contributed by atoms with E-state index in [0.29, 0.717) is 5.82 Å². The lowest BCUT2D eigenvalue weighted by atomic mass is 10.2. The van der Waals surface area contributed by atoms with E-state index in [1.165, 1.54) is 6.08 Å². The van der Waals surface area contributed by atoms with Gasteiger partial charge in [-0.15, -0.1) is 4.99 Å². The summed E-state index contributed by atoms with van der Waals surface area (Å²) in [6.45, 7) is 3.74. The van der Waals surface area contributed by atoms with Crippen molar-refractivity contribution in [3.8, 4) is 0 Å². The van der Waals surface area contributed by atoms with E-state index in [4.69, 9.17) is 4.42 Å². The zero-order valence-corrected chi connectivity index (χ0v) is 7.87. The summed E-state index contributed by atoms with van der Waals surface area (Å²) in [4.78, 5) is 17.7. The molecular weight excluding hydrogens is 180 g/mol. The number of aliphatic imine (C=N–C) groups is 1. The van der Waals surface area contributed by atoms with Crippen LogP contribution in [0.1, 0.15) is 11.3 Å². The maximum atomic E-state index is 10.1. The second kappa shape index (κ2) is 3.09. The Morgan fingerprint density at radius 1 is 1.50 bits per heavy atom. The summed E-state index contributed by atoms with van der Waals surface area (Å²) in [5.74, 6) is 1.14. The molecule has 0 radical (unpaired) electrons. The summed E-state index contributed by atoms with van der Waals surface area (Å²) < 4.78 is 5.46. The molecule has 2 heterocycles. The number of fused-ring (bicyclic) bond motifs is 1. The Hall–Kier alpha value is -1.93. The maximum Gasteiger partial charge on any atom is 0.242 e. The standard InChI is InChI=1S/C10H8N2O2/c1-6-4-11-10(12-5-13)8-3-7(2)14-9(6)8/h3-4H,1-2H3. The van der Waals surface area contributed by atoms with E-state index >= 15 is 0 Å². The van der Waals surface area contributed by atoms with Crippen LogP contribution in [-0.2, 0) is 4.79 Å². The molecule has 14 heavy (non-hydrogen) atoms. The number of rotatable bonds is 1. The van der Waals surface area contributed by atoms with Crippen LogP contribution in [0.2, 0.25) is 0 Å². The Labute approximate surface area is 80.3 Å². The van der Waals surface area contributed by atoms with Gasteiger partial charge in [-0.25, -0.2) is 9.78 Å². The number of isocyanates is 1. The van der Waals surface area contributed by atoms with Crippen LogP contribution in [0.3, 0.4) is 0 Å². The Kier molecular flexibility index (Phi) is 1.91. The van der Waals surface area contributed by atoms with E-state index in [9.17, 15) is 4.79 Å². The number of pyridine rings is 1. The molecule has 4 heteroatoms. The fourth-order valence-corrected chi connectivity index (χ4v) is 1.39. The molecule has 0 fully saturated rings.